The van der Waals surface area contributed by atoms with E-state index in [4.69, 9.17) is 0 Å². The Hall–Kier alpha value is -2.46. The predicted molar refractivity (Wildman–Crippen MR) is 101 cm³/mol. The van der Waals surface area contributed by atoms with Gasteiger partial charge in [0.05, 0.1) is 7.05 Å². The normalized spacial score (nSPS) is 13.1. The number of quaternary nitrogens is 1. The summed E-state index contributed by atoms with van der Waals surface area (Å²) in [5.41, 5.74) is 3.79. The fourth-order valence-corrected chi connectivity index (χ4v) is 2.66. The number of amides is 1. The number of hydrogen-bond acceptors (Lipinski definition) is 2. The van der Waals surface area contributed by atoms with Gasteiger partial charge < -0.3 is 10.2 Å². The van der Waals surface area contributed by atoms with Gasteiger partial charge in [-0.05, 0) is 38.0 Å². The third-order valence-corrected chi connectivity index (χ3v) is 4.58. The average Bonchev–Trinajstić information content (AvgIpc) is 2.61. The molecular weight excluding hydrogens is 312 g/mol. The summed E-state index contributed by atoms with van der Waals surface area (Å²) in [5.74, 6) is -0.0641. The molecule has 4 nitrogen and oxygen atoms in total. The number of nitrogens with one attached hydrogen (secondary N) is 2. The van der Waals surface area contributed by atoms with E-state index in [-0.39, 0.29) is 17.7 Å². The Morgan fingerprint density at radius 2 is 1.72 bits per heavy atom. The summed E-state index contributed by atoms with van der Waals surface area (Å²) in [4.78, 5) is 25.1. The summed E-state index contributed by atoms with van der Waals surface area (Å²) < 4.78 is 0. The van der Waals surface area contributed by atoms with Crippen molar-refractivity contribution in [1.82, 2.24) is 0 Å². The number of hydrogen-bond donors (Lipinski definition) is 2. The summed E-state index contributed by atoms with van der Waals surface area (Å²) in [5, 5.41) is 2.91. The van der Waals surface area contributed by atoms with Crippen LogP contribution in [0.15, 0.2) is 48.5 Å². The highest BCUT2D eigenvalue weighted by atomic mass is 16.2. The first-order chi connectivity index (χ1) is 11.9. The Morgan fingerprint density at radius 3 is 2.32 bits per heavy atom. The molecule has 0 saturated carbocycles. The quantitative estimate of drug-likeness (QED) is 0.762. The van der Waals surface area contributed by atoms with E-state index in [1.54, 1.807) is 24.3 Å². The Bertz CT molecular complexity index is 738. The summed E-state index contributed by atoms with van der Waals surface area (Å²) in [7, 11) is 2.02. The van der Waals surface area contributed by atoms with Gasteiger partial charge in [-0.3, -0.25) is 9.59 Å². The lowest BCUT2D eigenvalue weighted by Gasteiger charge is -2.21. The molecule has 0 heterocycles. The van der Waals surface area contributed by atoms with Gasteiger partial charge in [0.1, 0.15) is 6.54 Å². The number of benzene rings is 2. The average molecular weight is 339 g/mol. The highest BCUT2D eigenvalue weighted by Gasteiger charge is 2.22. The van der Waals surface area contributed by atoms with Crippen molar-refractivity contribution in [3.05, 3.63) is 65.2 Å². The molecule has 0 bridgehead atoms. The van der Waals surface area contributed by atoms with Gasteiger partial charge in [-0.2, -0.15) is 0 Å². The van der Waals surface area contributed by atoms with Crippen molar-refractivity contribution in [2.45, 2.75) is 39.8 Å². The van der Waals surface area contributed by atoms with Crippen molar-refractivity contribution in [1.29, 1.82) is 0 Å². The van der Waals surface area contributed by atoms with Gasteiger partial charge in [0.2, 0.25) is 0 Å². The minimum Gasteiger partial charge on any atom is -0.324 e. The van der Waals surface area contributed by atoms with Crippen LogP contribution in [0, 0.1) is 0 Å². The van der Waals surface area contributed by atoms with Crippen LogP contribution in [0.5, 0.6) is 0 Å². The minimum absolute atomic E-state index is 0.0117. The molecule has 0 fully saturated rings. The number of likely N-dealkylation sites (N-methyl/N-ethyl adjacent to an activating group) is 1. The maximum atomic E-state index is 12.5. The van der Waals surface area contributed by atoms with E-state index in [1.807, 2.05) is 14.0 Å². The molecule has 0 aromatic heterocycles. The zero-order chi connectivity index (χ0) is 18.4. The number of aryl methyl sites for hydroxylation is 1. The van der Waals surface area contributed by atoms with Crippen LogP contribution in [0.25, 0.3) is 0 Å². The number of rotatable bonds is 7. The zero-order valence-electron chi connectivity index (χ0n) is 15.4. The zero-order valence-corrected chi connectivity index (χ0v) is 15.4. The van der Waals surface area contributed by atoms with E-state index in [1.165, 1.54) is 18.1 Å². The van der Waals surface area contributed by atoms with Crippen LogP contribution in [0.2, 0.25) is 0 Å². The lowest BCUT2D eigenvalue weighted by atomic mass is 10.1. The summed E-state index contributed by atoms with van der Waals surface area (Å²) >= 11 is 0. The summed E-state index contributed by atoms with van der Waals surface area (Å²) in [6, 6.07) is 15.4. The SMILES string of the molecule is CCc1ccc(C[NH+](C)[C@H](C)C(=O)Nc2cccc(C(C)=O)c2)cc1. The number of Topliss-reactive ketones (excluding diaryl/α,β-unsaturated/α-hetero) is 1. The van der Waals surface area contributed by atoms with Crippen LogP contribution < -0.4 is 10.2 Å². The molecular formula is C21H27N2O2+. The molecule has 0 radical (unpaired) electrons. The first-order valence-corrected chi connectivity index (χ1v) is 8.72. The van der Waals surface area contributed by atoms with E-state index in [2.05, 4.69) is 36.5 Å². The molecule has 25 heavy (non-hydrogen) atoms. The summed E-state index contributed by atoms with van der Waals surface area (Å²) in [6.07, 6.45) is 1.03. The van der Waals surface area contributed by atoms with Gasteiger partial charge in [-0.25, -0.2) is 0 Å². The smallest absolute Gasteiger partial charge is 0.282 e. The van der Waals surface area contributed by atoms with Crippen molar-refractivity contribution in [2.24, 2.45) is 0 Å². The third kappa shape index (κ3) is 5.26. The topological polar surface area (TPSA) is 50.6 Å². The molecule has 2 aromatic carbocycles. The fourth-order valence-electron chi connectivity index (χ4n) is 2.66. The fraction of sp³-hybridized carbons (Fsp3) is 0.333. The second kappa shape index (κ2) is 8.58. The molecule has 2 atom stereocenters. The number of anilines is 1. The number of ketones is 1. The van der Waals surface area contributed by atoms with E-state index in [0.717, 1.165) is 17.9 Å². The maximum absolute atomic E-state index is 12.5. The molecule has 2 N–H and O–H groups in total. The molecule has 0 aliphatic heterocycles. The highest BCUT2D eigenvalue weighted by molar-refractivity contribution is 5.97. The van der Waals surface area contributed by atoms with E-state index in [0.29, 0.717) is 11.3 Å². The van der Waals surface area contributed by atoms with Gasteiger partial charge in [0.15, 0.2) is 11.8 Å². The monoisotopic (exact) mass is 339 g/mol. The van der Waals surface area contributed by atoms with E-state index < -0.39 is 0 Å². The second-order valence-electron chi connectivity index (χ2n) is 6.54. The maximum Gasteiger partial charge on any atom is 0.282 e. The Morgan fingerprint density at radius 1 is 1.08 bits per heavy atom. The number of carbonyl (C=O) groups is 2. The second-order valence-corrected chi connectivity index (χ2v) is 6.54. The van der Waals surface area contributed by atoms with Crippen LogP contribution in [-0.2, 0) is 17.8 Å². The predicted octanol–water partition coefficient (Wildman–Crippen LogP) is 2.49. The molecule has 0 aliphatic carbocycles. The molecule has 0 aliphatic rings. The van der Waals surface area contributed by atoms with Crippen molar-refractivity contribution >= 4 is 17.4 Å². The van der Waals surface area contributed by atoms with Crippen LogP contribution in [0.4, 0.5) is 5.69 Å². The third-order valence-electron chi connectivity index (χ3n) is 4.58. The lowest BCUT2D eigenvalue weighted by molar-refractivity contribution is -0.907. The van der Waals surface area contributed by atoms with Crippen LogP contribution in [0.3, 0.4) is 0 Å². The molecule has 0 saturated heterocycles. The van der Waals surface area contributed by atoms with E-state index in [9.17, 15) is 9.59 Å². The van der Waals surface area contributed by atoms with Gasteiger partial charge >= 0.3 is 0 Å². The van der Waals surface area contributed by atoms with Crippen LogP contribution in [0.1, 0.15) is 42.3 Å². The molecule has 132 valence electrons. The van der Waals surface area contributed by atoms with Crippen LogP contribution >= 0.6 is 0 Å². The Balaban J connectivity index is 1.98. The first-order valence-electron chi connectivity index (χ1n) is 8.72. The molecule has 4 heteroatoms. The van der Waals surface area contributed by atoms with Crippen molar-refractivity contribution in [3.8, 4) is 0 Å². The van der Waals surface area contributed by atoms with Crippen molar-refractivity contribution < 1.29 is 14.5 Å². The molecule has 2 rings (SSSR count). The Labute approximate surface area is 149 Å². The largest absolute Gasteiger partial charge is 0.324 e. The van der Waals surface area contributed by atoms with E-state index >= 15 is 0 Å². The Kier molecular flexibility index (Phi) is 6.48. The first kappa shape index (κ1) is 18.9. The van der Waals surface area contributed by atoms with Crippen molar-refractivity contribution in [3.63, 3.8) is 0 Å². The molecule has 2 aromatic rings. The number of carbonyl (C=O) groups excluding carboxylic acids is 2. The molecule has 1 amide bonds. The van der Waals surface area contributed by atoms with Gasteiger partial charge in [-0.15, -0.1) is 0 Å². The molecule has 0 spiro atoms. The standard InChI is InChI=1S/C21H26N2O2/c1-5-17-9-11-18(12-10-17)14-23(4)15(2)21(25)22-20-8-6-7-19(13-20)16(3)24/h6-13,15H,5,14H2,1-4H3,(H,22,25)/p+1/t15-/m1/s1. The minimum atomic E-state index is -0.202. The van der Waals surface area contributed by atoms with Crippen molar-refractivity contribution in [2.75, 3.05) is 12.4 Å². The van der Waals surface area contributed by atoms with Crippen LogP contribution in [-0.4, -0.2) is 24.8 Å². The van der Waals surface area contributed by atoms with Gasteiger partial charge in [0, 0.05) is 16.8 Å². The van der Waals surface area contributed by atoms with Gasteiger partial charge in [-0.1, -0.05) is 43.3 Å². The van der Waals surface area contributed by atoms with Gasteiger partial charge in [0.25, 0.3) is 5.91 Å². The summed E-state index contributed by atoms with van der Waals surface area (Å²) in [6.45, 7) is 6.36. The lowest BCUT2D eigenvalue weighted by Crippen LogP contribution is -3.12. The highest BCUT2D eigenvalue weighted by Crippen LogP contribution is 2.11. The molecule has 1 unspecified atom stereocenters.